The maximum atomic E-state index is 10.6. The summed E-state index contributed by atoms with van der Waals surface area (Å²) in [7, 11) is 0. The average molecular weight is 827 g/mol. The van der Waals surface area contributed by atoms with Crippen LogP contribution in [0.15, 0.2) is 130 Å². The van der Waals surface area contributed by atoms with Gasteiger partial charge in [0.05, 0.1) is 0 Å². The van der Waals surface area contributed by atoms with Gasteiger partial charge >= 0.3 is 0 Å². The van der Waals surface area contributed by atoms with E-state index in [0.717, 1.165) is 57.4 Å². The maximum Gasteiger partial charge on any atom is 0.150 e. The normalized spacial score (nSPS) is 16.4. The summed E-state index contributed by atoms with van der Waals surface area (Å²) in [5.41, 5.74) is 16.2. The fraction of sp³-hybridized carbons (Fsp3) is 0.196. The van der Waals surface area contributed by atoms with Gasteiger partial charge in [-0.15, -0.1) is 0 Å². The van der Waals surface area contributed by atoms with Gasteiger partial charge in [-0.3, -0.25) is 4.79 Å². The number of fused-ring (bicyclic) bond motifs is 8. The van der Waals surface area contributed by atoms with Crippen LogP contribution in [0.2, 0.25) is 0 Å². The zero-order chi connectivity index (χ0) is 36.3. The van der Waals surface area contributed by atoms with Gasteiger partial charge in [0.25, 0.3) is 0 Å². The highest BCUT2D eigenvalue weighted by atomic mass is 79.9. The third kappa shape index (κ3) is 7.49. The molecule has 8 aromatic rings. The van der Waals surface area contributed by atoms with Crippen LogP contribution >= 0.6 is 31.9 Å². The van der Waals surface area contributed by atoms with Crippen LogP contribution in [-0.4, -0.2) is 16.3 Å². The average Bonchev–Trinajstić information content (AvgIpc) is 3.76. The lowest BCUT2D eigenvalue weighted by Gasteiger charge is -2.24. The van der Waals surface area contributed by atoms with Crippen LogP contribution in [-0.2, 0) is 19.4 Å². The van der Waals surface area contributed by atoms with Crippen LogP contribution in [0, 0.1) is 0 Å². The summed E-state index contributed by atoms with van der Waals surface area (Å²) >= 11 is 7.13. The Morgan fingerprint density at radius 1 is 0.642 bits per heavy atom. The van der Waals surface area contributed by atoms with E-state index in [4.69, 9.17) is 5.73 Å². The molecule has 0 fully saturated rings. The minimum Gasteiger partial charge on any atom is -0.357 e. The molecule has 0 bridgehead atoms. The molecule has 2 heterocycles. The molecule has 5 N–H and O–H groups in total. The quantitative estimate of drug-likeness (QED) is 0.133. The maximum absolute atomic E-state index is 10.6. The Balaban J connectivity index is 0.000000125. The van der Waals surface area contributed by atoms with Crippen LogP contribution in [0.4, 0.5) is 0 Å². The molecule has 0 amide bonds. The van der Waals surface area contributed by atoms with Crippen molar-refractivity contribution in [2.45, 2.75) is 57.2 Å². The summed E-state index contributed by atoms with van der Waals surface area (Å²) in [5, 5.41) is 11.3. The molecule has 5 nitrogen and oxygen atoms in total. The molecule has 2 aliphatic rings. The number of carbonyl (C=O) groups is 1. The number of aldehydes is 1. The summed E-state index contributed by atoms with van der Waals surface area (Å²) in [6, 6.07) is 42.3. The Bertz CT molecular complexity index is 2560. The third-order valence-electron chi connectivity index (χ3n) is 10.8. The number of hydrogen-bond donors (Lipinski definition) is 4. The van der Waals surface area contributed by atoms with Gasteiger partial charge in [-0.25, -0.2) is 0 Å². The lowest BCUT2D eigenvalue weighted by atomic mass is 9.91. The zero-order valence-corrected chi connectivity index (χ0v) is 32.6. The van der Waals surface area contributed by atoms with E-state index in [1.807, 2.05) is 42.5 Å². The van der Waals surface area contributed by atoms with Gasteiger partial charge in [0.1, 0.15) is 0 Å². The molecule has 0 saturated carbocycles. The molecule has 53 heavy (non-hydrogen) atoms. The molecule has 2 aliphatic carbocycles. The topological polar surface area (TPSA) is 86.7 Å². The van der Waals surface area contributed by atoms with Crippen LogP contribution in [0.5, 0.6) is 0 Å². The van der Waals surface area contributed by atoms with Crippen LogP contribution in [0.25, 0.3) is 43.4 Å². The van der Waals surface area contributed by atoms with Gasteiger partial charge in [0.15, 0.2) is 6.29 Å². The number of halogens is 2. The molecule has 0 unspecified atom stereocenters. The van der Waals surface area contributed by atoms with E-state index in [9.17, 15) is 4.79 Å². The minimum atomic E-state index is 0.194. The molecule has 7 heteroatoms. The van der Waals surface area contributed by atoms with Crippen molar-refractivity contribution in [1.29, 1.82) is 0 Å². The first kappa shape index (κ1) is 35.5. The largest absolute Gasteiger partial charge is 0.357 e. The lowest BCUT2D eigenvalue weighted by Crippen LogP contribution is -2.25. The first-order chi connectivity index (χ1) is 26.0. The summed E-state index contributed by atoms with van der Waals surface area (Å²) in [6.07, 6.45) is 7.93. The molecule has 0 saturated heterocycles. The number of aryl methyl sites for hydroxylation is 2. The van der Waals surface area contributed by atoms with Crippen molar-refractivity contribution in [3.8, 4) is 0 Å². The zero-order valence-electron chi connectivity index (χ0n) is 29.5. The van der Waals surface area contributed by atoms with Gasteiger partial charge in [0, 0.05) is 66.3 Å². The van der Waals surface area contributed by atoms with E-state index in [-0.39, 0.29) is 6.04 Å². The molecule has 0 spiro atoms. The summed E-state index contributed by atoms with van der Waals surface area (Å²) in [6.45, 7) is 0.893. The highest BCUT2D eigenvalue weighted by Crippen LogP contribution is 2.37. The fourth-order valence-corrected chi connectivity index (χ4v) is 8.86. The van der Waals surface area contributed by atoms with Gasteiger partial charge in [-0.2, -0.15) is 0 Å². The van der Waals surface area contributed by atoms with Gasteiger partial charge in [0.2, 0.25) is 0 Å². The van der Waals surface area contributed by atoms with Crippen molar-refractivity contribution in [3.05, 3.63) is 164 Å². The number of rotatable bonds is 4. The van der Waals surface area contributed by atoms with E-state index < -0.39 is 0 Å². The Morgan fingerprint density at radius 2 is 1.21 bits per heavy atom. The van der Waals surface area contributed by atoms with Gasteiger partial charge < -0.3 is 21.0 Å². The Labute approximate surface area is 326 Å². The second kappa shape index (κ2) is 15.8. The van der Waals surface area contributed by atoms with Crippen molar-refractivity contribution >= 4 is 81.5 Å². The van der Waals surface area contributed by atoms with Gasteiger partial charge in [-0.05, 0) is 113 Å². The highest BCUT2D eigenvalue weighted by Gasteiger charge is 2.24. The smallest absolute Gasteiger partial charge is 0.150 e. The van der Waals surface area contributed by atoms with E-state index in [0.29, 0.717) is 6.04 Å². The SMILES string of the molecule is Brc1ccc2[nH]c3c(c2c1)CCC[C@H]3NCc1cccc2ccccc12.N[C@@H]1CCCc2c1[nH]c1ccc(Br)cc21.O=Cc1cccc2ccccc12. The van der Waals surface area contributed by atoms with Crippen LogP contribution in [0.3, 0.4) is 0 Å². The monoisotopic (exact) mass is 824 g/mol. The second-order valence-corrected chi connectivity index (χ2v) is 15.9. The van der Waals surface area contributed by atoms with Gasteiger partial charge in [-0.1, -0.05) is 117 Å². The first-order valence-electron chi connectivity index (χ1n) is 18.5. The second-order valence-electron chi connectivity index (χ2n) is 14.1. The predicted octanol–water partition coefficient (Wildman–Crippen LogP) is 12.2. The predicted molar refractivity (Wildman–Crippen MR) is 228 cm³/mol. The molecule has 6 aromatic carbocycles. The van der Waals surface area contributed by atoms with E-state index in [2.05, 4.69) is 126 Å². The molecule has 2 aromatic heterocycles. The number of H-pyrrole nitrogens is 2. The fourth-order valence-electron chi connectivity index (χ4n) is 8.14. The minimum absolute atomic E-state index is 0.194. The standard InChI is InChI=1S/C23H21BrN2.C12H13BrN2.C11H8O/c24-17-11-12-21-20(13-17)19-9-4-10-22(23(19)26-21)25-14-16-7-3-6-15-5-1-2-8-18(15)16;13-7-4-5-11-9(6-7)8-2-1-3-10(14)12(8)15-11;12-8-10-6-3-5-9-4-1-2-7-11(9)10/h1-3,5-8,11-13,22,25-26H,4,9-10,14H2;4-6,10,15H,1-3,14H2;1-8H/t22-;10-;/m11./s1. The Kier molecular flexibility index (Phi) is 10.6. The number of aromatic nitrogens is 2. The summed E-state index contributed by atoms with van der Waals surface area (Å²) in [5.74, 6) is 0. The van der Waals surface area contributed by atoms with Crippen molar-refractivity contribution < 1.29 is 4.79 Å². The van der Waals surface area contributed by atoms with Crippen molar-refractivity contribution in [1.82, 2.24) is 15.3 Å². The summed E-state index contributed by atoms with van der Waals surface area (Å²) in [4.78, 5) is 17.8. The van der Waals surface area contributed by atoms with Crippen molar-refractivity contribution in [3.63, 3.8) is 0 Å². The number of benzene rings is 6. The lowest BCUT2D eigenvalue weighted by molar-refractivity contribution is 0.112. The highest BCUT2D eigenvalue weighted by molar-refractivity contribution is 9.10. The number of carbonyl (C=O) groups excluding carboxylic acids is 1. The Morgan fingerprint density at radius 3 is 1.91 bits per heavy atom. The molecular weight excluding hydrogens is 784 g/mol. The molecule has 10 rings (SSSR count). The summed E-state index contributed by atoms with van der Waals surface area (Å²) < 4.78 is 2.29. The molecule has 2 atom stereocenters. The Hall–Kier alpha value is -4.53. The van der Waals surface area contributed by atoms with Crippen LogP contribution in [0.1, 0.15) is 76.2 Å². The van der Waals surface area contributed by atoms with E-state index in [1.54, 1.807) is 0 Å². The number of nitrogens with two attached hydrogens (primary N) is 1. The number of nitrogens with one attached hydrogen (secondary N) is 3. The number of aromatic amines is 2. The van der Waals surface area contributed by atoms with E-state index >= 15 is 0 Å². The third-order valence-corrected chi connectivity index (χ3v) is 11.7. The molecular formula is C46H42Br2N4O. The number of hydrogen-bond acceptors (Lipinski definition) is 3. The molecule has 0 aliphatic heterocycles. The molecule has 0 radical (unpaired) electrons. The van der Waals surface area contributed by atoms with Crippen LogP contribution < -0.4 is 11.1 Å². The van der Waals surface area contributed by atoms with Crippen molar-refractivity contribution in [2.75, 3.05) is 0 Å². The first-order valence-corrected chi connectivity index (χ1v) is 20.0. The van der Waals surface area contributed by atoms with Crippen molar-refractivity contribution in [2.24, 2.45) is 5.73 Å². The molecule has 266 valence electrons. The van der Waals surface area contributed by atoms with E-state index in [1.165, 1.54) is 79.9 Å².